The summed E-state index contributed by atoms with van der Waals surface area (Å²) in [6, 6.07) is 9.69. The van der Waals surface area contributed by atoms with Gasteiger partial charge in [0.1, 0.15) is 5.82 Å². The molecule has 0 bridgehead atoms. The van der Waals surface area contributed by atoms with Crippen LogP contribution in [0.15, 0.2) is 40.0 Å². The lowest BCUT2D eigenvalue weighted by Gasteiger charge is -2.07. The van der Waals surface area contributed by atoms with E-state index in [2.05, 4.69) is 29.0 Å². The van der Waals surface area contributed by atoms with E-state index >= 15 is 0 Å². The summed E-state index contributed by atoms with van der Waals surface area (Å²) in [5, 5.41) is 0. The number of aromatic amines is 1. The molecular formula is C15H18N2OS. The summed E-state index contributed by atoms with van der Waals surface area (Å²) in [5.41, 5.74) is 1.67. The van der Waals surface area contributed by atoms with E-state index in [1.165, 1.54) is 4.90 Å². The Morgan fingerprint density at radius 2 is 1.95 bits per heavy atom. The van der Waals surface area contributed by atoms with Crippen LogP contribution in [0.4, 0.5) is 0 Å². The summed E-state index contributed by atoms with van der Waals surface area (Å²) in [4.78, 5) is 20.2. The van der Waals surface area contributed by atoms with E-state index in [0.717, 1.165) is 17.0 Å². The first kappa shape index (κ1) is 13.9. The first-order chi connectivity index (χ1) is 9.10. The molecule has 2 aromatic rings. The minimum Gasteiger partial charge on any atom is -0.307 e. The molecule has 1 aromatic heterocycles. The molecule has 1 heterocycles. The van der Waals surface area contributed by atoms with Crippen LogP contribution >= 0.6 is 11.8 Å². The van der Waals surface area contributed by atoms with Gasteiger partial charge in [0.25, 0.3) is 5.56 Å². The summed E-state index contributed by atoms with van der Waals surface area (Å²) in [5.74, 6) is 1.94. The Hall–Kier alpha value is -1.55. The zero-order valence-corrected chi connectivity index (χ0v) is 12.3. The van der Waals surface area contributed by atoms with Gasteiger partial charge in [-0.1, -0.05) is 32.9 Å². The van der Waals surface area contributed by atoms with E-state index < -0.39 is 0 Å². The van der Waals surface area contributed by atoms with Crippen molar-refractivity contribution in [3.8, 4) is 11.4 Å². The molecule has 19 heavy (non-hydrogen) atoms. The Kier molecular flexibility index (Phi) is 4.43. The highest BCUT2D eigenvalue weighted by molar-refractivity contribution is 7.99. The molecule has 0 amide bonds. The molecule has 0 saturated carbocycles. The molecule has 0 fully saturated rings. The minimum absolute atomic E-state index is 0.0966. The van der Waals surface area contributed by atoms with Crippen LogP contribution in [0.3, 0.4) is 0 Å². The van der Waals surface area contributed by atoms with Gasteiger partial charge in [-0.05, 0) is 23.8 Å². The average molecular weight is 274 g/mol. The maximum Gasteiger partial charge on any atom is 0.251 e. The molecule has 1 aromatic carbocycles. The molecule has 0 saturated heterocycles. The standard InChI is InChI=1S/C15H18N2OS/c1-4-19-12-7-5-11(6-8-12)15-16-13(10(2)3)9-14(18)17-15/h5-10H,4H2,1-3H3,(H,16,17,18). The van der Waals surface area contributed by atoms with E-state index in [9.17, 15) is 4.79 Å². The Morgan fingerprint density at radius 1 is 1.26 bits per heavy atom. The second kappa shape index (κ2) is 6.06. The summed E-state index contributed by atoms with van der Waals surface area (Å²) in [7, 11) is 0. The van der Waals surface area contributed by atoms with E-state index in [4.69, 9.17) is 0 Å². The fourth-order valence-electron chi connectivity index (χ4n) is 1.78. The van der Waals surface area contributed by atoms with Gasteiger partial charge in [-0.2, -0.15) is 0 Å². The summed E-state index contributed by atoms with van der Waals surface area (Å²) < 4.78 is 0. The topological polar surface area (TPSA) is 45.8 Å². The number of hydrogen-bond acceptors (Lipinski definition) is 3. The number of nitrogens with one attached hydrogen (secondary N) is 1. The number of thioether (sulfide) groups is 1. The van der Waals surface area contributed by atoms with Gasteiger partial charge in [0.05, 0.1) is 5.69 Å². The van der Waals surface area contributed by atoms with Gasteiger partial charge in [-0.25, -0.2) is 4.98 Å². The highest BCUT2D eigenvalue weighted by Gasteiger charge is 2.07. The molecule has 0 unspecified atom stereocenters. The molecule has 0 aliphatic heterocycles. The van der Waals surface area contributed by atoms with Crippen molar-refractivity contribution in [1.82, 2.24) is 9.97 Å². The molecule has 4 heteroatoms. The number of H-pyrrole nitrogens is 1. The highest BCUT2D eigenvalue weighted by Crippen LogP contribution is 2.22. The third kappa shape index (κ3) is 3.47. The monoisotopic (exact) mass is 274 g/mol. The Labute approximate surface area is 117 Å². The van der Waals surface area contributed by atoms with Crippen molar-refractivity contribution >= 4 is 11.8 Å². The molecule has 0 aliphatic rings. The quantitative estimate of drug-likeness (QED) is 0.865. The van der Waals surface area contributed by atoms with Crippen molar-refractivity contribution in [1.29, 1.82) is 0 Å². The van der Waals surface area contributed by atoms with Crippen molar-refractivity contribution in [2.75, 3.05) is 5.75 Å². The van der Waals surface area contributed by atoms with E-state index in [1.807, 2.05) is 26.0 Å². The third-order valence-electron chi connectivity index (χ3n) is 2.79. The molecule has 0 aliphatic carbocycles. The van der Waals surface area contributed by atoms with Gasteiger partial charge < -0.3 is 4.98 Å². The number of aromatic nitrogens is 2. The van der Waals surface area contributed by atoms with Crippen molar-refractivity contribution < 1.29 is 0 Å². The highest BCUT2D eigenvalue weighted by atomic mass is 32.2. The number of rotatable bonds is 4. The predicted molar refractivity (Wildman–Crippen MR) is 80.8 cm³/mol. The first-order valence-corrected chi connectivity index (χ1v) is 7.43. The summed E-state index contributed by atoms with van der Waals surface area (Å²) in [6.45, 7) is 6.20. The molecule has 0 spiro atoms. The molecule has 1 N–H and O–H groups in total. The van der Waals surface area contributed by atoms with Gasteiger partial charge >= 0.3 is 0 Å². The van der Waals surface area contributed by atoms with Gasteiger partial charge in [0.2, 0.25) is 0 Å². The number of nitrogens with zero attached hydrogens (tertiary/aromatic N) is 1. The van der Waals surface area contributed by atoms with Crippen LogP contribution in [-0.2, 0) is 0 Å². The fourth-order valence-corrected chi connectivity index (χ4v) is 2.45. The average Bonchev–Trinajstić information content (AvgIpc) is 2.39. The van der Waals surface area contributed by atoms with Crippen LogP contribution in [0.2, 0.25) is 0 Å². The second-order valence-corrected chi connectivity index (χ2v) is 5.97. The lowest BCUT2D eigenvalue weighted by Crippen LogP contribution is -2.11. The largest absolute Gasteiger partial charge is 0.307 e. The van der Waals surface area contributed by atoms with Crippen LogP contribution in [-0.4, -0.2) is 15.7 Å². The van der Waals surface area contributed by atoms with Gasteiger partial charge in [0.15, 0.2) is 0 Å². The predicted octanol–water partition coefficient (Wildman–Crippen LogP) is 3.67. The molecule has 0 radical (unpaired) electrons. The van der Waals surface area contributed by atoms with E-state index in [1.54, 1.807) is 17.8 Å². The number of benzene rings is 1. The van der Waals surface area contributed by atoms with Crippen LogP contribution in [0.25, 0.3) is 11.4 Å². The molecular weight excluding hydrogens is 256 g/mol. The molecule has 3 nitrogen and oxygen atoms in total. The van der Waals surface area contributed by atoms with Crippen LogP contribution in [0.1, 0.15) is 32.4 Å². The minimum atomic E-state index is -0.0966. The van der Waals surface area contributed by atoms with Crippen molar-refractivity contribution in [3.05, 3.63) is 46.4 Å². The van der Waals surface area contributed by atoms with Crippen molar-refractivity contribution in [2.24, 2.45) is 0 Å². The van der Waals surface area contributed by atoms with Crippen molar-refractivity contribution in [3.63, 3.8) is 0 Å². The SMILES string of the molecule is CCSc1ccc(-c2nc(C(C)C)cc(=O)[nH]2)cc1. The second-order valence-electron chi connectivity index (χ2n) is 4.63. The Morgan fingerprint density at radius 3 is 2.53 bits per heavy atom. The van der Waals surface area contributed by atoms with Crippen LogP contribution in [0, 0.1) is 0 Å². The normalized spacial score (nSPS) is 10.9. The van der Waals surface area contributed by atoms with Gasteiger partial charge in [-0.15, -0.1) is 11.8 Å². The fraction of sp³-hybridized carbons (Fsp3) is 0.333. The van der Waals surface area contributed by atoms with Crippen LogP contribution < -0.4 is 5.56 Å². The molecule has 100 valence electrons. The smallest absolute Gasteiger partial charge is 0.251 e. The summed E-state index contributed by atoms with van der Waals surface area (Å²) in [6.07, 6.45) is 0. The van der Waals surface area contributed by atoms with Crippen LogP contribution in [0.5, 0.6) is 0 Å². The van der Waals surface area contributed by atoms with Gasteiger partial charge in [0, 0.05) is 16.5 Å². The molecule has 0 atom stereocenters. The Balaban J connectivity index is 2.38. The maximum absolute atomic E-state index is 11.7. The Bertz CT molecular complexity index is 602. The van der Waals surface area contributed by atoms with E-state index in [0.29, 0.717) is 5.82 Å². The zero-order chi connectivity index (χ0) is 13.8. The van der Waals surface area contributed by atoms with Gasteiger partial charge in [-0.3, -0.25) is 4.79 Å². The lowest BCUT2D eigenvalue weighted by atomic mass is 10.1. The zero-order valence-electron chi connectivity index (χ0n) is 11.4. The first-order valence-electron chi connectivity index (χ1n) is 6.44. The maximum atomic E-state index is 11.7. The summed E-state index contributed by atoms with van der Waals surface area (Å²) >= 11 is 1.80. The third-order valence-corrected chi connectivity index (χ3v) is 3.69. The van der Waals surface area contributed by atoms with Crippen molar-refractivity contribution in [2.45, 2.75) is 31.6 Å². The lowest BCUT2D eigenvalue weighted by molar-refractivity contribution is 0.812. The molecule has 2 rings (SSSR count). The van der Waals surface area contributed by atoms with E-state index in [-0.39, 0.29) is 11.5 Å². The number of hydrogen-bond donors (Lipinski definition) is 1.